The third-order valence-corrected chi connectivity index (χ3v) is 2.70. The van der Waals surface area contributed by atoms with Gasteiger partial charge < -0.3 is 10.4 Å². The Hall–Kier alpha value is -1.91. The summed E-state index contributed by atoms with van der Waals surface area (Å²) in [6.07, 6.45) is -0.316. The number of benzene rings is 1. The number of fused-ring (bicyclic) bond motifs is 1. The van der Waals surface area contributed by atoms with Crippen LogP contribution in [0.15, 0.2) is 12.1 Å². The van der Waals surface area contributed by atoms with Crippen molar-refractivity contribution in [2.75, 3.05) is 5.32 Å². The zero-order valence-electron chi connectivity index (χ0n) is 8.58. The fourth-order valence-electron chi connectivity index (χ4n) is 1.98. The van der Waals surface area contributed by atoms with Gasteiger partial charge in [0.2, 0.25) is 5.91 Å². The van der Waals surface area contributed by atoms with Gasteiger partial charge in [0.25, 0.3) is 0 Å². The molecule has 0 bridgehead atoms. The summed E-state index contributed by atoms with van der Waals surface area (Å²) in [5.41, 5.74) is 1.31. The Balaban J connectivity index is 2.51. The average molecular weight is 223 g/mol. The molecule has 1 unspecified atom stereocenters. The van der Waals surface area contributed by atoms with Crippen molar-refractivity contribution in [3.63, 3.8) is 0 Å². The first-order valence-corrected chi connectivity index (χ1v) is 4.82. The number of rotatable bonds is 2. The minimum absolute atomic E-state index is 0.122. The summed E-state index contributed by atoms with van der Waals surface area (Å²) in [7, 11) is 0. The largest absolute Gasteiger partial charge is 0.481 e. The number of carbonyl (C=O) groups is 2. The summed E-state index contributed by atoms with van der Waals surface area (Å²) in [6, 6.07) is 2.81. The molecule has 0 saturated carbocycles. The lowest BCUT2D eigenvalue weighted by atomic mass is 9.93. The number of nitrogens with one attached hydrogen (secondary N) is 1. The molecule has 0 aliphatic carbocycles. The molecule has 1 aliphatic rings. The number of halogens is 1. The van der Waals surface area contributed by atoms with E-state index in [-0.39, 0.29) is 12.1 Å². The van der Waals surface area contributed by atoms with Crippen LogP contribution in [0.3, 0.4) is 0 Å². The Bertz CT molecular complexity index is 484. The highest BCUT2D eigenvalue weighted by Crippen LogP contribution is 2.38. The predicted octanol–water partition coefficient (Wildman–Crippen LogP) is 1.64. The van der Waals surface area contributed by atoms with Crippen LogP contribution in [-0.4, -0.2) is 17.0 Å². The molecule has 5 heteroatoms. The quantitative estimate of drug-likeness (QED) is 0.801. The zero-order chi connectivity index (χ0) is 11.9. The van der Waals surface area contributed by atoms with Gasteiger partial charge in [-0.05, 0) is 24.1 Å². The highest BCUT2D eigenvalue weighted by atomic mass is 19.1. The van der Waals surface area contributed by atoms with Gasteiger partial charge >= 0.3 is 5.97 Å². The molecule has 1 aromatic carbocycles. The van der Waals surface area contributed by atoms with Crippen LogP contribution in [0.5, 0.6) is 0 Å². The fourth-order valence-corrected chi connectivity index (χ4v) is 1.98. The van der Waals surface area contributed by atoms with Crippen LogP contribution in [0.1, 0.15) is 23.5 Å². The third-order valence-electron chi connectivity index (χ3n) is 2.70. The molecule has 1 atom stereocenters. The molecule has 1 aromatic rings. The number of hydrogen-bond donors (Lipinski definition) is 2. The number of anilines is 1. The third kappa shape index (κ3) is 1.54. The van der Waals surface area contributed by atoms with E-state index in [0.717, 1.165) is 5.56 Å². The molecule has 16 heavy (non-hydrogen) atoms. The average Bonchev–Trinajstić information content (AvgIpc) is 2.51. The van der Waals surface area contributed by atoms with E-state index < -0.39 is 23.6 Å². The number of aryl methyl sites for hydroxylation is 1. The van der Waals surface area contributed by atoms with Gasteiger partial charge in [-0.25, -0.2) is 4.39 Å². The number of carboxylic acids is 1. The number of hydrogen-bond acceptors (Lipinski definition) is 2. The Morgan fingerprint density at radius 1 is 1.56 bits per heavy atom. The minimum Gasteiger partial charge on any atom is -0.481 e. The fraction of sp³-hybridized carbons (Fsp3) is 0.273. The number of carbonyl (C=O) groups excluding carboxylic acids is 1. The monoisotopic (exact) mass is 223 g/mol. The predicted molar refractivity (Wildman–Crippen MR) is 54.8 cm³/mol. The second-order valence-electron chi connectivity index (χ2n) is 3.79. The van der Waals surface area contributed by atoms with E-state index in [4.69, 9.17) is 5.11 Å². The van der Waals surface area contributed by atoms with Gasteiger partial charge in [0.15, 0.2) is 0 Å². The summed E-state index contributed by atoms with van der Waals surface area (Å²) in [5, 5.41) is 11.1. The van der Waals surface area contributed by atoms with Crippen LogP contribution in [0, 0.1) is 12.7 Å². The first kappa shape index (κ1) is 10.6. The van der Waals surface area contributed by atoms with E-state index in [1.54, 1.807) is 13.0 Å². The molecule has 84 valence electrons. The van der Waals surface area contributed by atoms with Gasteiger partial charge in [0, 0.05) is 0 Å². The normalized spacial score (nSPS) is 18.1. The Kier molecular flexibility index (Phi) is 2.38. The topological polar surface area (TPSA) is 66.4 Å². The van der Waals surface area contributed by atoms with Crippen LogP contribution in [0.25, 0.3) is 0 Å². The lowest BCUT2D eigenvalue weighted by Gasteiger charge is -2.08. The highest BCUT2D eigenvalue weighted by Gasteiger charge is 2.35. The molecule has 0 fully saturated rings. The Labute approximate surface area is 91.1 Å². The molecule has 2 N–H and O–H groups in total. The van der Waals surface area contributed by atoms with Crippen molar-refractivity contribution < 1.29 is 19.1 Å². The number of amides is 1. The van der Waals surface area contributed by atoms with Crippen molar-refractivity contribution in [2.45, 2.75) is 19.3 Å². The summed E-state index contributed by atoms with van der Waals surface area (Å²) in [4.78, 5) is 22.2. The molecule has 1 aliphatic heterocycles. The van der Waals surface area contributed by atoms with Gasteiger partial charge in [-0.1, -0.05) is 6.07 Å². The molecule has 4 nitrogen and oxygen atoms in total. The molecular formula is C11H10FNO3. The van der Waals surface area contributed by atoms with E-state index in [9.17, 15) is 14.0 Å². The highest BCUT2D eigenvalue weighted by molar-refractivity contribution is 6.05. The van der Waals surface area contributed by atoms with E-state index in [2.05, 4.69) is 5.32 Å². The van der Waals surface area contributed by atoms with Crippen LogP contribution in [0.4, 0.5) is 10.1 Å². The smallest absolute Gasteiger partial charge is 0.304 e. The van der Waals surface area contributed by atoms with E-state index in [1.165, 1.54) is 6.07 Å². The summed E-state index contributed by atoms with van der Waals surface area (Å²) < 4.78 is 13.4. The second-order valence-corrected chi connectivity index (χ2v) is 3.79. The van der Waals surface area contributed by atoms with Crippen molar-refractivity contribution in [3.8, 4) is 0 Å². The molecular weight excluding hydrogens is 213 g/mol. The first-order chi connectivity index (χ1) is 7.50. The van der Waals surface area contributed by atoms with Crippen molar-refractivity contribution in [3.05, 3.63) is 29.1 Å². The summed E-state index contributed by atoms with van der Waals surface area (Å²) in [6.45, 7) is 1.73. The lowest BCUT2D eigenvalue weighted by molar-refractivity contribution is -0.138. The molecule has 0 spiro atoms. The molecule has 1 amide bonds. The van der Waals surface area contributed by atoms with Crippen LogP contribution in [0.2, 0.25) is 0 Å². The van der Waals surface area contributed by atoms with E-state index in [0.29, 0.717) is 5.56 Å². The van der Waals surface area contributed by atoms with Crippen LogP contribution >= 0.6 is 0 Å². The van der Waals surface area contributed by atoms with E-state index >= 15 is 0 Å². The minimum atomic E-state index is -1.07. The first-order valence-electron chi connectivity index (χ1n) is 4.82. The molecule has 0 saturated heterocycles. The summed E-state index contributed by atoms with van der Waals surface area (Å²) in [5.74, 6) is -2.84. The molecule has 0 radical (unpaired) electrons. The van der Waals surface area contributed by atoms with Gasteiger partial charge in [0.1, 0.15) is 5.82 Å². The van der Waals surface area contributed by atoms with Gasteiger partial charge in [-0.15, -0.1) is 0 Å². The Morgan fingerprint density at radius 3 is 2.88 bits per heavy atom. The Morgan fingerprint density at radius 2 is 2.25 bits per heavy atom. The zero-order valence-corrected chi connectivity index (χ0v) is 8.58. The maximum absolute atomic E-state index is 13.4. The van der Waals surface area contributed by atoms with Crippen molar-refractivity contribution in [1.29, 1.82) is 0 Å². The SMILES string of the molecule is Cc1ccc(F)c2c1C(CC(=O)O)C(=O)N2. The standard InChI is InChI=1S/C11H10FNO3/c1-5-2-3-7(12)10-9(5)6(4-8(14)15)11(16)13-10/h2-3,6H,4H2,1H3,(H,13,16)(H,14,15). The van der Waals surface area contributed by atoms with Gasteiger partial charge in [0.05, 0.1) is 18.0 Å². The number of aliphatic carboxylic acids is 1. The van der Waals surface area contributed by atoms with Crippen molar-refractivity contribution >= 4 is 17.6 Å². The van der Waals surface area contributed by atoms with Crippen LogP contribution in [-0.2, 0) is 9.59 Å². The molecule has 2 rings (SSSR count). The maximum atomic E-state index is 13.4. The number of carboxylic acid groups (broad SMARTS) is 1. The van der Waals surface area contributed by atoms with E-state index in [1.807, 2.05) is 0 Å². The lowest BCUT2D eigenvalue weighted by Crippen LogP contribution is -2.15. The molecule has 0 aromatic heterocycles. The maximum Gasteiger partial charge on any atom is 0.304 e. The van der Waals surface area contributed by atoms with Gasteiger partial charge in [-0.3, -0.25) is 9.59 Å². The second kappa shape index (κ2) is 3.59. The van der Waals surface area contributed by atoms with Gasteiger partial charge in [-0.2, -0.15) is 0 Å². The van der Waals surface area contributed by atoms with Crippen molar-refractivity contribution in [2.24, 2.45) is 0 Å². The van der Waals surface area contributed by atoms with Crippen molar-refractivity contribution in [1.82, 2.24) is 0 Å². The summed E-state index contributed by atoms with van der Waals surface area (Å²) >= 11 is 0. The van der Waals surface area contributed by atoms with Crippen LogP contribution < -0.4 is 5.32 Å². The molecule has 1 heterocycles.